The van der Waals surface area contributed by atoms with Gasteiger partial charge in [-0.15, -0.1) is 12.4 Å². The Morgan fingerprint density at radius 1 is 1.15 bits per heavy atom. The van der Waals surface area contributed by atoms with E-state index in [1.54, 1.807) is 30.3 Å². The molecule has 2 fully saturated rings. The van der Waals surface area contributed by atoms with Gasteiger partial charge >= 0.3 is 0 Å². The molecule has 2 heterocycles. The molecule has 2 saturated heterocycles. The number of sulfonamides is 1. The standard InChI is InChI=1S/C18H27N3O4S.ClH/c19-12-15-6-7-17(25-15)18(22)20-13-14-8-10-21(11-9-14)26(23,24)16-4-2-1-3-5-16;/h1-5,14-15,17H,6-13,19H2,(H,20,22);1H/t15-,17+;/m1./s1. The van der Waals surface area contributed by atoms with Crippen molar-refractivity contribution >= 4 is 28.3 Å². The minimum atomic E-state index is -3.42. The van der Waals surface area contributed by atoms with E-state index in [2.05, 4.69) is 5.32 Å². The molecule has 2 aliphatic rings. The van der Waals surface area contributed by atoms with E-state index in [4.69, 9.17) is 10.5 Å². The van der Waals surface area contributed by atoms with Crippen molar-refractivity contribution < 1.29 is 17.9 Å². The van der Waals surface area contributed by atoms with Crippen molar-refractivity contribution in [3.05, 3.63) is 30.3 Å². The first kappa shape index (κ1) is 22.1. The van der Waals surface area contributed by atoms with Crippen LogP contribution in [0.3, 0.4) is 0 Å². The van der Waals surface area contributed by atoms with Crippen molar-refractivity contribution in [2.24, 2.45) is 11.7 Å². The van der Waals surface area contributed by atoms with Gasteiger partial charge in [0, 0.05) is 26.2 Å². The second kappa shape index (κ2) is 9.84. The average Bonchev–Trinajstić information content (AvgIpc) is 3.16. The van der Waals surface area contributed by atoms with E-state index in [-0.39, 0.29) is 30.3 Å². The Labute approximate surface area is 167 Å². The van der Waals surface area contributed by atoms with Gasteiger partial charge in [0.15, 0.2) is 0 Å². The molecule has 0 aliphatic carbocycles. The predicted molar refractivity (Wildman–Crippen MR) is 105 cm³/mol. The SMILES string of the molecule is Cl.NC[C@H]1CC[C@@H](C(=O)NCC2CCN(S(=O)(=O)c3ccccc3)CC2)O1. The first-order valence-electron chi connectivity index (χ1n) is 9.19. The van der Waals surface area contributed by atoms with Crippen molar-refractivity contribution in [1.82, 2.24) is 9.62 Å². The lowest BCUT2D eigenvalue weighted by Gasteiger charge is -2.31. The molecule has 1 aromatic rings. The van der Waals surface area contributed by atoms with Crippen LogP contribution in [0.15, 0.2) is 35.2 Å². The number of rotatable bonds is 6. The Balaban J connectivity index is 0.00000261. The van der Waals surface area contributed by atoms with Gasteiger partial charge < -0.3 is 15.8 Å². The first-order chi connectivity index (χ1) is 12.5. The average molecular weight is 418 g/mol. The Morgan fingerprint density at radius 3 is 2.41 bits per heavy atom. The molecule has 0 spiro atoms. The number of amides is 1. The Hall–Kier alpha value is -1.19. The molecule has 0 aromatic heterocycles. The molecule has 3 N–H and O–H groups in total. The van der Waals surface area contributed by atoms with Crippen LogP contribution in [0, 0.1) is 5.92 Å². The molecule has 27 heavy (non-hydrogen) atoms. The van der Waals surface area contributed by atoms with Gasteiger partial charge in [0.05, 0.1) is 11.0 Å². The maximum absolute atomic E-state index is 12.6. The summed E-state index contributed by atoms with van der Waals surface area (Å²) < 4.78 is 32.4. The van der Waals surface area contributed by atoms with Gasteiger partial charge in [-0.1, -0.05) is 18.2 Å². The summed E-state index contributed by atoms with van der Waals surface area (Å²) in [6.45, 7) is 1.96. The summed E-state index contributed by atoms with van der Waals surface area (Å²) in [7, 11) is -3.42. The Morgan fingerprint density at radius 2 is 1.81 bits per heavy atom. The highest BCUT2D eigenvalue weighted by atomic mass is 35.5. The van der Waals surface area contributed by atoms with Crippen LogP contribution in [0.5, 0.6) is 0 Å². The topological polar surface area (TPSA) is 102 Å². The Bertz CT molecular complexity index is 709. The number of hydrogen-bond acceptors (Lipinski definition) is 5. The summed E-state index contributed by atoms with van der Waals surface area (Å²) in [5, 5.41) is 2.95. The van der Waals surface area contributed by atoms with E-state index >= 15 is 0 Å². The lowest BCUT2D eigenvalue weighted by atomic mass is 9.98. The van der Waals surface area contributed by atoms with Crippen molar-refractivity contribution in [3.63, 3.8) is 0 Å². The lowest BCUT2D eigenvalue weighted by Crippen LogP contribution is -2.43. The zero-order valence-electron chi connectivity index (χ0n) is 15.2. The maximum Gasteiger partial charge on any atom is 0.249 e. The smallest absolute Gasteiger partial charge is 0.249 e. The highest BCUT2D eigenvalue weighted by Gasteiger charge is 2.32. The number of nitrogens with one attached hydrogen (secondary N) is 1. The summed E-state index contributed by atoms with van der Waals surface area (Å²) in [5.74, 6) is 0.202. The minimum absolute atomic E-state index is 0. The largest absolute Gasteiger partial charge is 0.364 e. The third-order valence-corrected chi connectivity index (χ3v) is 7.10. The first-order valence-corrected chi connectivity index (χ1v) is 10.6. The predicted octanol–water partition coefficient (Wildman–Crippen LogP) is 1.13. The molecule has 0 bridgehead atoms. The molecule has 1 amide bonds. The minimum Gasteiger partial charge on any atom is -0.364 e. The number of hydrogen-bond donors (Lipinski definition) is 2. The maximum atomic E-state index is 12.6. The van der Waals surface area contributed by atoms with Crippen molar-refractivity contribution in [2.75, 3.05) is 26.2 Å². The van der Waals surface area contributed by atoms with E-state index in [9.17, 15) is 13.2 Å². The van der Waals surface area contributed by atoms with E-state index in [1.165, 1.54) is 4.31 Å². The van der Waals surface area contributed by atoms with Crippen LogP contribution < -0.4 is 11.1 Å². The van der Waals surface area contributed by atoms with Crippen LogP contribution in [-0.2, 0) is 19.6 Å². The number of ether oxygens (including phenoxy) is 1. The number of carbonyl (C=O) groups is 1. The number of nitrogens with two attached hydrogens (primary N) is 1. The third-order valence-electron chi connectivity index (χ3n) is 5.18. The van der Waals surface area contributed by atoms with E-state index in [0.29, 0.717) is 37.5 Å². The summed E-state index contributed by atoms with van der Waals surface area (Å²) in [6, 6.07) is 8.51. The number of piperidine rings is 1. The quantitative estimate of drug-likeness (QED) is 0.722. The molecule has 0 unspecified atom stereocenters. The summed E-state index contributed by atoms with van der Waals surface area (Å²) in [4.78, 5) is 12.5. The highest BCUT2D eigenvalue weighted by molar-refractivity contribution is 7.89. The molecular weight excluding hydrogens is 390 g/mol. The van der Waals surface area contributed by atoms with Crippen LogP contribution in [0.1, 0.15) is 25.7 Å². The van der Waals surface area contributed by atoms with E-state index < -0.39 is 16.1 Å². The molecule has 9 heteroatoms. The monoisotopic (exact) mass is 417 g/mol. The zero-order chi connectivity index (χ0) is 18.6. The Kier molecular flexibility index (Phi) is 8.05. The fraction of sp³-hybridized carbons (Fsp3) is 0.611. The summed E-state index contributed by atoms with van der Waals surface area (Å²) in [6.07, 6.45) is 2.59. The molecular formula is C18H28ClN3O4S. The summed E-state index contributed by atoms with van der Waals surface area (Å²) in [5.41, 5.74) is 5.57. The molecule has 0 saturated carbocycles. The second-order valence-corrected chi connectivity index (χ2v) is 8.90. The number of carbonyl (C=O) groups excluding carboxylic acids is 1. The molecule has 2 atom stereocenters. The molecule has 3 rings (SSSR count). The van der Waals surface area contributed by atoms with Crippen molar-refractivity contribution in [1.29, 1.82) is 0 Å². The number of nitrogens with zero attached hydrogens (tertiary/aromatic N) is 1. The van der Waals surface area contributed by atoms with Gasteiger partial charge in [0.25, 0.3) is 0 Å². The highest BCUT2D eigenvalue weighted by Crippen LogP contribution is 2.24. The van der Waals surface area contributed by atoms with Gasteiger partial charge in [-0.25, -0.2) is 8.42 Å². The summed E-state index contributed by atoms with van der Waals surface area (Å²) >= 11 is 0. The molecule has 7 nitrogen and oxygen atoms in total. The molecule has 152 valence electrons. The molecule has 2 aliphatic heterocycles. The van der Waals surface area contributed by atoms with Gasteiger partial charge in [-0.2, -0.15) is 4.31 Å². The second-order valence-electron chi connectivity index (χ2n) is 6.97. The number of benzene rings is 1. The molecule has 1 aromatic carbocycles. The van der Waals surface area contributed by atoms with Gasteiger partial charge in [-0.05, 0) is 43.7 Å². The zero-order valence-corrected chi connectivity index (χ0v) is 16.9. The normalized spacial score (nSPS) is 24.3. The van der Waals surface area contributed by atoms with Gasteiger partial charge in [0.1, 0.15) is 6.10 Å². The van der Waals surface area contributed by atoms with Gasteiger partial charge in [0.2, 0.25) is 15.9 Å². The van der Waals surface area contributed by atoms with Crippen molar-refractivity contribution in [2.45, 2.75) is 42.8 Å². The van der Waals surface area contributed by atoms with Crippen LogP contribution in [0.4, 0.5) is 0 Å². The van der Waals surface area contributed by atoms with Crippen LogP contribution >= 0.6 is 12.4 Å². The van der Waals surface area contributed by atoms with Crippen LogP contribution in [-0.4, -0.2) is 57.0 Å². The van der Waals surface area contributed by atoms with E-state index in [0.717, 1.165) is 19.3 Å². The van der Waals surface area contributed by atoms with E-state index in [1.807, 2.05) is 0 Å². The molecule has 0 radical (unpaired) electrons. The van der Waals surface area contributed by atoms with Gasteiger partial charge in [-0.3, -0.25) is 4.79 Å². The van der Waals surface area contributed by atoms with Crippen molar-refractivity contribution in [3.8, 4) is 0 Å². The fourth-order valence-electron chi connectivity index (χ4n) is 3.53. The third kappa shape index (κ3) is 5.42. The fourth-order valence-corrected chi connectivity index (χ4v) is 5.02. The lowest BCUT2D eigenvalue weighted by molar-refractivity contribution is -0.132. The van der Waals surface area contributed by atoms with Crippen LogP contribution in [0.25, 0.3) is 0 Å². The number of halogens is 1. The van der Waals surface area contributed by atoms with Crippen LogP contribution in [0.2, 0.25) is 0 Å².